The van der Waals surface area contributed by atoms with Crippen molar-refractivity contribution < 1.29 is 4.79 Å². The molecule has 1 unspecified atom stereocenters. The van der Waals surface area contributed by atoms with Crippen LogP contribution in [0.2, 0.25) is 0 Å². The number of hydrogen-bond acceptors (Lipinski definition) is 2. The highest BCUT2D eigenvalue weighted by Gasteiger charge is 2.22. The summed E-state index contributed by atoms with van der Waals surface area (Å²) < 4.78 is 0. The number of nitrogens with zero attached hydrogens (tertiary/aromatic N) is 1. The van der Waals surface area contributed by atoms with Crippen LogP contribution >= 0.6 is 0 Å². The lowest BCUT2D eigenvalue weighted by atomic mass is 10.1. The molecule has 3 nitrogen and oxygen atoms in total. The molecular formula is C11H22N2O. The Hall–Kier alpha value is -0.570. The third kappa shape index (κ3) is 2.98. The van der Waals surface area contributed by atoms with Crippen LogP contribution < -0.4 is 5.32 Å². The molecule has 0 aromatic heterocycles. The Morgan fingerprint density at radius 1 is 1.29 bits per heavy atom. The van der Waals surface area contributed by atoms with Crippen LogP contribution in [-0.4, -0.2) is 36.5 Å². The molecule has 1 rings (SSSR count). The second-order valence-corrected chi connectivity index (χ2v) is 3.87. The van der Waals surface area contributed by atoms with Crippen molar-refractivity contribution in [3.8, 4) is 0 Å². The smallest absolute Gasteiger partial charge is 0.239 e. The zero-order valence-corrected chi connectivity index (χ0v) is 9.38. The Bertz CT molecular complexity index is 170. The van der Waals surface area contributed by atoms with Crippen molar-refractivity contribution in [2.45, 2.75) is 45.6 Å². The molecule has 1 amide bonds. The maximum absolute atomic E-state index is 12.0. The molecule has 82 valence electrons. The molecule has 0 saturated carbocycles. The van der Waals surface area contributed by atoms with Crippen LogP contribution in [0, 0.1) is 0 Å². The highest BCUT2D eigenvalue weighted by atomic mass is 16.2. The molecule has 0 aromatic carbocycles. The van der Waals surface area contributed by atoms with Gasteiger partial charge in [0.15, 0.2) is 0 Å². The minimum Gasteiger partial charge on any atom is -0.342 e. The highest BCUT2D eigenvalue weighted by Crippen LogP contribution is 2.10. The van der Waals surface area contributed by atoms with E-state index in [1.165, 1.54) is 19.3 Å². The second-order valence-electron chi connectivity index (χ2n) is 3.87. The first-order valence-corrected chi connectivity index (χ1v) is 5.81. The Kier molecular flexibility index (Phi) is 4.94. The first-order chi connectivity index (χ1) is 6.79. The van der Waals surface area contributed by atoms with Gasteiger partial charge < -0.3 is 10.2 Å². The normalized spacial score (nSPS) is 22.9. The lowest BCUT2D eigenvalue weighted by Gasteiger charge is -2.24. The summed E-state index contributed by atoms with van der Waals surface area (Å²) in [5.74, 6) is 0.289. The summed E-state index contributed by atoms with van der Waals surface area (Å²) in [6, 6.07) is 0.0809. The summed E-state index contributed by atoms with van der Waals surface area (Å²) in [4.78, 5) is 13.9. The summed E-state index contributed by atoms with van der Waals surface area (Å²) in [6.07, 6.45) is 4.66. The first-order valence-electron chi connectivity index (χ1n) is 5.81. The third-order valence-corrected chi connectivity index (χ3v) is 2.93. The zero-order valence-electron chi connectivity index (χ0n) is 9.38. The number of rotatable bonds is 3. The summed E-state index contributed by atoms with van der Waals surface area (Å²) in [7, 11) is 0. The van der Waals surface area contributed by atoms with Crippen molar-refractivity contribution in [1.29, 1.82) is 0 Å². The van der Waals surface area contributed by atoms with Crippen molar-refractivity contribution >= 4 is 5.91 Å². The van der Waals surface area contributed by atoms with Gasteiger partial charge in [0.25, 0.3) is 0 Å². The van der Waals surface area contributed by atoms with Gasteiger partial charge >= 0.3 is 0 Å². The van der Waals surface area contributed by atoms with Gasteiger partial charge in [-0.1, -0.05) is 12.8 Å². The maximum atomic E-state index is 12.0. The van der Waals surface area contributed by atoms with E-state index < -0.39 is 0 Å². The Morgan fingerprint density at radius 3 is 2.64 bits per heavy atom. The van der Waals surface area contributed by atoms with E-state index in [0.717, 1.165) is 26.1 Å². The van der Waals surface area contributed by atoms with Gasteiger partial charge in [-0.25, -0.2) is 0 Å². The fourth-order valence-electron chi connectivity index (χ4n) is 2.00. The van der Waals surface area contributed by atoms with Gasteiger partial charge in [-0.05, 0) is 33.2 Å². The average Bonchev–Trinajstić information content (AvgIpc) is 2.47. The van der Waals surface area contributed by atoms with E-state index in [2.05, 4.69) is 5.32 Å². The van der Waals surface area contributed by atoms with Crippen molar-refractivity contribution in [2.24, 2.45) is 0 Å². The molecule has 0 radical (unpaired) electrons. The zero-order chi connectivity index (χ0) is 10.4. The molecule has 1 saturated heterocycles. The van der Waals surface area contributed by atoms with Gasteiger partial charge in [-0.3, -0.25) is 4.79 Å². The predicted molar refractivity (Wildman–Crippen MR) is 58.2 cm³/mol. The van der Waals surface area contributed by atoms with Crippen LogP contribution in [-0.2, 0) is 4.79 Å². The Labute approximate surface area is 86.9 Å². The van der Waals surface area contributed by atoms with Crippen molar-refractivity contribution in [1.82, 2.24) is 10.2 Å². The van der Waals surface area contributed by atoms with E-state index in [9.17, 15) is 4.79 Å². The molecule has 1 atom stereocenters. The quantitative estimate of drug-likeness (QED) is 0.743. The molecular weight excluding hydrogens is 176 g/mol. The molecule has 0 aliphatic carbocycles. The van der Waals surface area contributed by atoms with E-state index in [1.54, 1.807) is 0 Å². The van der Waals surface area contributed by atoms with Crippen molar-refractivity contribution in [2.75, 3.05) is 19.6 Å². The Morgan fingerprint density at radius 2 is 2.00 bits per heavy atom. The monoisotopic (exact) mass is 198 g/mol. The van der Waals surface area contributed by atoms with Gasteiger partial charge in [-0.2, -0.15) is 0 Å². The number of likely N-dealkylation sites (N-methyl/N-ethyl adjacent to an activating group) is 1. The largest absolute Gasteiger partial charge is 0.342 e. The number of hydrogen-bond donors (Lipinski definition) is 1. The topological polar surface area (TPSA) is 32.3 Å². The van der Waals surface area contributed by atoms with Gasteiger partial charge in [0.1, 0.15) is 0 Å². The number of carbonyl (C=O) groups is 1. The summed E-state index contributed by atoms with van der Waals surface area (Å²) >= 11 is 0. The van der Waals surface area contributed by atoms with Crippen molar-refractivity contribution in [3.63, 3.8) is 0 Å². The second kappa shape index (κ2) is 6.02. The number of amides is 1. The molecule has 0 spiro atoms. The summed E-state index contributed by atoms with van der Waals surface area (Å²) in [5, 5.41) is 3.34. The summed E-state index contributed by atoms with van der Waals surface area (Å²) in [6.45, 7) is 6.73. The van der Waals surface area contributed by atoms with Crippen molar-refractivity contribution in [3.05, 3.63) is 0 Å². The molecule has 1 fully saturated rings. The van der Waals surface area contributed by atoms with E-state index in [-0.39, 0.29) is 11.9 Å². The van der Waals surface area contributed by atoms with Crippen LogP contribution in [0.4, 0.5) is 0 Å². The van der Waals surface area contributed by atoms with E-state index >= 15 is 0 Å². The van der Waals surface area contributed by atoms with Gasteiger partial charge in [0.05, 0.1) is 6.04 Å². The maximum Gasteiger partial charge on any atom is 0.239 e. The average molecular weight is 198 g/mol. The highest BCUT2D eigenvalue weighted by molar-refractivity contribution is 5.81. The minimum atomic E-state index is 0.0809. The van der Waals surface area contributed by atoms with Crippen LogP contribution in [0.15, 0.2) is 0 Å². The van der Waals surface area contributed by atoms with Crippen LogP contribution in [0.3, 0.4) is 0 Å². The Balaban J connectivity index is 2.48. The number of carbonyl (C=O) groups excluding carboxylic acids is 1. The molecule has 0 aromatic rings. The molecule has 14 heavy (non-hydrogen) atoms. The molecule has 1 aliphatic heterocycles. The third-order valence-electron chi connectivity index (χ3n) is 2.93. The molecule has 1 N–H and O–H groups in total. The predicted octanol–water partition coefficient (Wildman–Crippen LogP) is 1.39. The SMILES string of the molecule is CCN(CC)C(=O)C1CCCCCN1. The van der Waals surface area contributed by atoms with E-state index in [1.807, 2.05) is 18.7 Å². The minimum absolute atomic E-state index is 0.0809. The molecule has 3 heteroatoms. The fraction of sp³-hybridized carbons (Fsp3) is 0.909. The molecule has 1 aliphatic rings. The van der Waals surface area contributed by atoms with E-state index in [0.29, 0.717) is 0 Å². The fourth-order valence-corrected chi connectivity index (χ4v) is 2.00. The van der Waals surface area contributed by atoms with Crippen LogP contribution in [0.5, 0.6) is 0 Å². The first kappa shape index (κ1) is 11.5. The molecule has 0 bridgehead atoms. The standard InChI is InChI=1S/C11H22N2O/c1-3-13(4-2)11(14)10-8-6-5-7-9-12-10/h10,12H,3-9H2,1-2H3. The van der Waals surface area contributed by atoms with Crippen LogP contribution in [0.1, 0.15) is 39.5 Å². The lowest BCUT2D eigenvalue weighted by molar-refractivity contribution is -0.133. The van der Waals surface area contributed by atoms with Gasteiger partial charge in [0.2, 0.25) is 5.91 Å². The molecule has 1 heterocycles. The van der Waals surface area contributed by atoms with Gasteiger partial charge in [0, 0.05) is 13.1 Å². The van der Waals surface area contributed by atoms with Crippen LogP contribution in [0.25, 0.3) is 0 Å². The van der Waals surface area contributed by atoms with Gasteiger partial charge in [-0.15, -0.1) is 0 Å². The lowest BCUT2D eigenvalue weighted by Crippen LogP contribution is -2.46. The number of nitrogens with one attached hydrogen (secondary N) is 1. The summed E-state index contributed by atoms with van der Waals surface area (Å²) in [5.41, 5.74) is 0. The van der Waals surface area contributed by atoms with E-state index in [4.69, 9.17) is 0 Å².